The van der Waals surface area contributed by atoms with E-state index in [0.29, 0.717) is 11.2 Å². The van der Waals surface area contributed by atoms with Crippen LogP contribution >= 0.6 is 0 Å². The number of fused-ring (bicyclic) bond motifs is 1. The molecule has 3 heterocycles. The summed E-state index contributed by atoms with van der Waals surface area (Å²) in [6.07, 6.45) is 6.04. The topological polar surface area (TPSA) is 87.7 Å². The van der Waals surface area contributed by atoms with E-state index in [1.165, 1.54) is 11.6 Å². The molecule has 1 amide bonds. The molecule has 5 rings (SSSR count). The first-order chi connectivity index (χ1) is 17.9. The highest BCUT2D eigenvalue weighted by Gasteiger charge is 2.10. The van der Waals surface area contributed by atoms with Crippen molar-refractivity contribution in [2.45, 2.75) is 20.3 Å². The monoisotopic (exact) mass is 484 g/mol. The van der Waals surface area contributed by atoms with Crippen molar-refractivity contribution in [3.05, 3.63) is 135 Å². The van der Waals surface area contributed by atoms with Crippen molar-refractivity contribution in [2.75, 3.05) is 5.32 Å². The van der Waals surface area contributed by atoms with Crippen LogP contribution in [0.5, 0.6) is 0 Å². The highest BCUT2D eigenvalue weighted by atomic mass is 16.1. The van der Waals surface area contributed by atoms with E-state index in [4.69, 9.17) is 0 Å². The Morgan fingerprint density at radius 3 is 2.65 bits per heavy atom. The number of aromatic amines is 1. The number of anilines is 1. The number of rotatable bonds is 4. The summed E-state index contributed by atoms with van der Waals surface area (Å²) in [5.74, 6) is 6.08. The first-order valence-corrected chi connectivity index (χ1v) is 11.9. The molecular formula is C31H24N4O2. The van der Waals surface area contributed by atoms with Crippen molar-refractivity contribution >= 4 is 22.6 Å². The molecule has 6 heteroatoms. The van der Waals surface area contributed by atoms with Crippen molar-refractivity contribution in [3.63, 3.8) is 0 Å². The molecule has 2 aromatic carbocycles. The smallest absolute Gasteiger partial charge is 0.255 e. The highest BCUT2D eigenvalue weighted by Crippen LogP contribution is 2.20. The lowest BCUT2D eigenvalue weighted by atomic mass is 10.0. The predicted molar refractivity (Wildman–Crippen MR) is 146 cm³/mol. The standard InChI is InChI=1S/C31H24N4O2/c1-20-5-7-27(17-25(20)8-6-23-16-26-10-12-29(36)35-30(26)33-19-23)31(37)34-28-11-9-24(21(2)14-28)15-22-4-3-13-32-18-22/h3-5,7,9-14,16-19H,15H2,1-2H3,(H,34,37)(H,33,35,36). The average molecular weight is 485 g/mol. The van der Waals surface area contributed by atoms with Gasteiger partial charge in [-0.25, -0.2) is 4.98 Å². The molecule has 0 aliphatic heterocycles. The van der Waals surface area contributed by atoms with Gasteiger partial charge in [0.2, 0.25) is 5.56 Å². The molecule has 3 aromatic heterocycles. The molecule has 0 spiro atoms. The van der Waals surface area contributed by atoms with Crippen molar-refractivity contribution in [3.8, 4) is 11.8 Å². The van der Waals surface area contributed by atoms with Crippen LogP contribution in [0.2, 0.25) is 0 Å². The SMILES string of the molecule is Cc1ccc(C(=O)Nc2ccc(Cc3cccnc3)c(C)c2)cc1C#Cc1cnc2[nH]c(=O)ccc2c1. The molecular weight excluding hydrogens is 460 g/mol. The Labute approximate surface area is 214 Å². The van der Waals surface area contributed by atoms with E-state index in [0.717, 1.165) is 45.3 Å². The Hall–Kier alpha value is -5.02. The zero-order valence-corrected chi connectivity index (χ0v) is 20.5. The summed E-state index contributed by atoms with van der Waals surface area (Å²) in [6.45, 7) is 4.00. The van der Waals surface area contributed by atoms with Gasteiger partial charge in [0.1, 0.15) is 5.65 Å². The lowest BCUT2D eigenvalue weighted by Crippen LogP contribution is -2.12. The van der Waals surface area contributed by atoms with E-state index in [1.807, 2.05) is 56.4 Å². The van der Waals surface area contributed by atoms with E-state index in [1.54, 1.807) is 30.6 Å². The second-order valence-corrected chi connectivity index (χ2v) is 8.90. The van der Waals surface area contributed by atoms with Crippen LogP contribution in [0.25, 0.3) is 11.0 Å². The van der Waals surface area contributed by atoms with Gasteiger partial charge in [0.25, 0.3) is 5.91 Å². The molecule has 0 unspecified atom stereocenters. The number of pyridine rings is 3. The van der Waals surface area contributed by atoms with Gasteiger partial charge in [-0.15, -0.1) is 0 Å². The number of nitrogens with one attached hydrogen (secondary N) is 2. The Balaban J connectivity index is 1.33. The summed E-state index contributed by atoms with van der Waals surface area (Å²) < 4.78 is 0. The minimum Gasteiger partial charge on any atom is -0.322 e. The summed E-state index contributed by atoms with van der Waals surface area (Å²) in [5.41, 5.74) is 7.48. The third kappa shape index (κ3) is 5.63. The van der Waals surface area contributed by atoms with Crippen molar-refractivity contribution in [1.29, 1.82) is 0 Å². The van der Waals surface area contributed by atoms with Crippen LogP contribution in [-0.2, 0) is 6.42 Å². The summed E-state index contributed by atoms with van der Waals surface area (Å²) in [6, 6.07) is 20.5. The second-order valence-electron chi connectivity index (χ2n) is 8.90. The lowest BCUT2D eigenvalue weighted by molar-refractivity contribution is 0.102. The van der Waals surface area contributed by atoms with Gasteiger partial charge >= 0.3 is 0 Å². The third-order valence-corrected chi connectivity index (χ3v) is 6.13. The fraction of sp³-hybridized carbons (Fsp3) is 0.0968. The minimum absolute atomic E-state index is 0.194. The summed E-state index contributed by atoms with van der Waals surface area (Å²) in [4.78, 5) is 35.6. The molecule has 180 valence electrons. The number of nitrogens with zero attached hydrogens (tertiary/aromatic N) is 2. The van der Waals surface area contributed by atoms with Crippen LogP contribution in [0.3, 0.4) is 0 Å². The maximum atomic E-state index is 13.0. The molecule has 0 aliphatic carbocycles. The van der Waals surface area contributed by atoms with Crippen LogP contribution in [-0.4, -0.2) is 20.9 Å². The quantitative estimate of drug-likeness (QED) is 0.344. The molecule has 0 radical (unpaired) electrons. The first kappa shape index (κ1) is 23.7. The van der Waals surface area contributed by atoms with Crippen LogP contribution in [0.1, 0.15) is 43.7 Å². The number of carbonyl (C=O) groups is 1. The average Bonchev–Trinajstić information content (AvgIpc) is 2.90. The largest absolute Gasteiger partial charge is 0.322 e. The van der Waals surface area contributed by atoms with Gasteiger partial charge in [0.05, 0.1) is 0 Å². The highest BCUT2D eigenvalue weighted by molar-refractivity contribution is 6.04. The van der Waals surface area contributed by atoms with Gasteiger partial charge in [0, 0.05) is 52.4 Å². The summed E-state index contributed by atoms with van der Waals surface area (Å²) >= 11 is 0. The molecule has 37 heavy (non-hydrogen) atoms. The number of hydrogen-bond acceptors (Lipinski definition) is 4. The first-order valence-electron chi connectivity index (χ1n) is 11.9. The van der Waals surface area contributed by atoms with Gasteiger partial charge < -0.3 is 10.3 Å². The Morgan fingerprint density at radius 1 is 0.946 bits per heavy atom. The van der Waals surface area contributed by atoms with Crippen LogP contribution in [0, 0.1) is 25.7 Å². The fourth-order valence-electron chi connectivity index (χ4n) is 4.04. The van der Waals surface area contributed by atoms with Gasteiger partial charge in [-0.05, 0) is 85.0 Å². The van der Waals surface area contributed by atoms with Gasteiger partial charge in [-0.3, -0.25) is 14.6 Å². The van der Waals surface area contributed by atoms with Crippen molar-refractivity contribution < 1.29 is 4.79 Å². The number of H-pyrrole nitrogens is 1. The molecule has 0 bridgehead atoms. The fourth-order valence-corrected chi connectivity index (χ4v) is 4.04. The maximum absolute atomic E-state index is 13.0. The number of aryl methyl sites for hydroxylation is 2. The number of benzene rings is 2. The molecule has 0 fully saturated rings. The van der Waals surface area contributed by atoms with Crippen molar-refractivity contribution in [1.82, 2.24) is 15.0 Å². The number of amides is 1. The number of hydrogen-bond donors (Lipinski definition) is 2. The zero-order chi connectivity index (χ0) is 25.8. The van der Waals surface area contributed by atoms with E-state index in [-0.39, 0.29) is 11.5 Å². The predicted octanol–water partition coefficient (Wildman–Crippen LogP) is 5.18. The molecule has 5 aromatic rings. The van der Waals surface area contributed by atoms with E-state index >= 15 is 0 Å². The Bertz CT molecular complexity index is 1740. The van der Waals surface area contributed by atoms with Crippen LogP contribution in [0.4, 0.5) is 5.69 Å². The van der Waals surface area contributed by atoms with Crippen LogP contribution < -0.4 is 10.9 Å². The van der Waals surface area contributed by atoms with Gasteiger partial charge in [0.15, 0.2) is 0 Å². The lowest BCUT2D eigenvalue weighted by Gasteiger charge is -2.11. The summed E-state index contributed by atoms with van der Waals surface area (Å²) in [5, 5.41) is 3.80. The maximum Gasteiger partial charge on any atom is 0.255 e. The Kier molecular flexibility index (Phi) is 6.60. The molecule has 0 saturated heterocycles. The second kappa shape index (κ2) is 10.3. The van der Waals surface area contributed by atoms with Crippen LogP contribution in [0.15, 0.2) is 90.1 Å². The molecule has 0 aliphatic rings. The van der Waals surface area contributed by atoms with Crippen molar-refractivity contribution in [2.24, 2.45) is 0 Å². The minimum atomic E-state index is -0.196. The molecule has 0 atom stereocenters. The van der Waals surface area contributed by atoms with E-state index in [2.05, 4.69) is 38.2 Å². The zero-order valence-electron chi connectivity index (χ0n) is 20.5. The summed E-state index contributed by atoms with van der Waals surface area (Å²) in [7, 11) is 0. The van der Waals surface area contributed by atoms with E-state index in [9.17, 15) is 9.59 Å². The number of aromatic nitrogens is 3. The third-order valence-electron chi connectivity index (χ3n) is 6.13. The Morgan fingerprint density at radius 2 is 1.84 bits per heavy atom. The molecule has 6 nitrogen and oxygen atoms in total. The van der Waals surface area contributed by atoms with E-state index < -0.39 is 0 Å². The molecule has 0 saturated carbocycles. The normalized spacial score (nSPS) is 10.5. The number of carbonyl (C=O) groups excluding carboxylic acids is 1. The van der Waals surface area contributed by atoms with Gasteiger partial charge in [-0.2, -0.15) is 0 Å². The van der Waals surface area contributed by atoms with Gasteiger partial charge in [-0.1, -0.05) is 30.0 Å². The molecule has 2 N–H and O–H groups in total.